The van der Waals surface area contributed by atoms with Crippen molar-refractivity contribution in [1.82, 2.24) is 10.3 Å². The van der Waals surface area contributed by atoms with Gasteiger partial charge in [-0.25, -0.2) is 10.8 Å². The van der Waals surface area contributed by atoms with Crippen LogP contribution in [-0.4, -0.2) is 17.4 Å². The van der Waals surface area contributed by atoms with Crippen molar-refractivity contribution >= 4 is 23.3 Å². The first kappa shape index (κ1) is 14.7. The fourth-order valence-electron chi connectivity index (χ4n) is 1.52. The third-order valence-electron chi connectivity index (χ3n) is 2.45. The molecule has 0 bridgehead atoms. The van der Waals surface area contributed by atoms with Gasteiger partial charge in [0.05, 0.1) is 0 Å². The summed E-state index contributed by atoms with van der Waals surface area (Å²) in [6.45, 7) is 4.97. The van der Waals surface area contributed by atoms with E-state index in [-0.39, 0.29) is 11.1 Å². The molecule has 0 radical (unpaired) electrons. The second-order valence-corrected chi connectivity index (χ2v) is 4.89. The Balaban J connectivity index is 2.53. The van der Waals surface area contributed by atoms with E-state index in [0.717, 1.165) is 12.8 Å². The summed E-state index contributed by atoms with van der Waals surface area (Å²) in [5, 5.41) is 3.07. The molecular formula is C12H19ClN4O. The molecule has 0 aliphatic carbocycles. The lowest BCUT2D eigenvalue weighted by atomic mass is 10.1. The number of hydrogen-bond donors (Lipinski definition) is 3. The van der Waals surface area contributed by atoms with Crippen LogP contribution in [0.15, 0.2) is 12.1 Å². The minimum atomic E-state index is -0.167. The maximum Gasteiger partial charge on any atom is 0.251 e. The number of hydrogen-bond acceptors (Lipinski definition) is 4. The number of aromatic nitrogens is 1. The lowest BCUT2D eigenvalue weighted by Crippen LogP contribution is -2.25. The average molecular weight is 271 g/mol. The van der Waals surface area contributed by atoms with Crippen molar-refractivity contribution in [3.63, 3.8) is 0 Å². The Morgan fingerprint density at radius 3 is 2.83 bits per heavy atom. The Kier molecular flexibility index (Phi) is 5.88. The molecule has 6 heteroatoms. The first-order valence-electron chi connectivity index (χ1n) is 5.95. The van der Waals surface area contributed by atoms with Gasteiger partial charge in [-0.15, -0.1) is 0 Å². The van der Waals surface area contributed by atoms with E-state index in [9.17, 15) is 4.79 Å². The third-order valence-corrected chi connectivity index (χ3v) is 2.64. The van der Waals surface area contributed by atoms with Gasteiger partial charge < -0.3 is 10.7 Å². The van der Waals surface area contributed by atoms with Gasteiger partial charge in [0.2, 0.25) is 0 Å². The molecule has 1 rings (SSSR count). The molecule has 1 aromatic rings. The van der Waals surface area contributed by atoms with Crippen LogP contribution in [0.4, 0.5) is 5.82 Å². The Hall–Kier alpha value is -1.33. The maximum absolute atomic E-state index is 11.8. The summed E-state index contributed by atoms with van der Waals surface area (Å²) in [5.41, 5.74) is 2.82. The number of nitrogen functional groups attached to an aromatic ring is 1. The predicted molar refractivity (Wildman–Crippen MR) is 73.5 cm³/mol. The van der Waals surface area contributed by atoms with Gasteiger partial charge in [-0.05, 0) is 30.9 Å². The molecule has 100 valence electrons. The van der Waals surface area contributed by atoms with E-state index < -0.39 is 0 Å². The number of rotatable bonds is 6. The van der Waals surface area contributed by atoms with Crippen LogP contribution in [0.2, 0.25) is 5.15 Å². The summed E-state index contributed by atoms with van der Waals surface area (Å²) in [6, 6.07) is 3.07. The fourth-order valence-corrected chi connectivity index (χ4v) is 1.72. The topological polar surface area (TPSA) is 80.0 Å². The zero-order chi connectivity index (χ0) is 13.5. The van der Waals surface area contributed by atoms with Gasteiger partial charge in [-0.1, -0.05) is 25.4 Å². The molecule has 5 nitrogen and oxygen atoms in total. The quantitative estimate of drug-likeness (QED) is 0.320. The summed E-state index contributed by atoms with van der Waals surface area (Å²) in [4.78, 5) is 15.7. The standard InChI is InChI=1S/C12H19ClN4O/c1-8(2)4-3-5-15-12(18)9-6-10(13)16-11(7-9)17-14/h6-8H,3-5,14H2,1-2H3,(H,15,18)(H,16,17). The highest BCUT2D eigenvalue weighted by Crippen LogP contribution is 2.13. The molecule has 1 heterocycles. The van der Waals surface area contributed by atoms with Gasteiger partial charge in [0, 0.05) is 12.1 Å². The first-order chi connectivity index (χ1) is 8.52. The molecule has 0 aliphatic rings. The minimum absolute atomic E-state index is 0.167. The highest BCUT2D eigenvalue weighted by molar-refractivity contribution is 6.29. The number of amides is 1. The number of nitrogens with two attached hydrogens (primary N) is 1. The van der Waals surface area contributed by atoms with E-state index in [1.165, 1.54) is 6.07 Å². The van der Waals surface area contributed by atoms with Crippen molar-refractivity contribution in [1.29, 1.82) is 0 Å². The number of carbonyl (C=O) groups excluding carboxylic acids is 1. The lowest BCUT2D eigenvalue weighted by molar-refractivity contribution is 0.0952. The van der Waals surface area contributed by atoms with E-state index in [0.29, 0.717) is 23.8 Å². The molecule has 0 atom stereocenters. The normalized spacial score (nSPS) is 10.5. The van der Waals surface area contributed by atoms with Crippen LogP contribution in [0.5, 0.6) is 0 Å². The SMILES string of the molecule is CC(C)CCCNC(=O)c1cc(Cl)nc(NN)c1. The monoisotopic (exact) mass is 270 g/mol. The minimum Gasteiger partial charge on any atom is -0.352 e. The van der Waals surface area contributed by atoms with Crippen LogP contribution in [-0.2, 0) is 0 Å². The van der Waals surface area contributed by atoms with Gasteiger partial charge in [0.1, 0.15) is 11.0 Å². The van der Waals surface area contributed by atoms with E-state index >= 15 is 0 Å². The largest absolute Gasteiger partial charge is 0.352 e. The number of anilines is 1. The van der Waals surface area contributed by atoms with Crippen molar-refractivity contribution in [2.24, 2.45) is 11.8 Å². The van der Waals surface area contributed by atoms with Crippen molar-refractivity contribution in [2.75, 3.05) is 12.0 Å². The van der Waals surface area contributed by atoms with Crippen LogP contribution < -0.4 is 16.6 Å². The van der Waals surface area contributed by atoms with Gasteiger partial charge in [0.25, 0.3) is 5.91 Å². The molecule has 4 N–H and O–H groups in total. The fraction of sp³-hybridized carbons (Fsp3) is 0.500. The summed E-state index contributed by atoms with van der Waals surface area (Å²) >= 11 is 5.79. The smallest absolute Gasteiger partial charge is 0.251 e. The van der Waals surface area contributed by atoms with Crippen LogP contribution in [0, 0.1) is 5.92 Å². The Morgan fingerprint density at radius 2 is 2.22 bits per heavy atom. The Labute approximate surface area is 112 Å². The number of halogens is 1. The second-order valence-electron chi connectivity index (χ2n) is 4.50. The van der Waals surface area contributed by atoms with Crippen LogP contribution >= 0.6 is 11.6 Å². The molecule has 0 unspecified atom stereocenters. The maximum atomic E-state index is 11.8. The van der Waals surface area contributed by atoms with Crippen LogP contribution in [0.1, 0.15) is 37.0 Å². The first-order valence-corrected chi connectivity index (χ1v) is 6.33. The summed E-state index contributed by atoms with van der Waals surface area (Å²) in [7, 11) is 0. The van der Waals surface area contributed by atoms with Gasteiger partial charge in [-0.3, -0.25) is 4.79 Å². The van der Waals surface area contributed by atoms with Crippen LogP contribution in [0.25, 0.3) is 0 Å². The van der Waals surface area contributed by atoms with Gasteiger partial charge in [0.15, 0.2) is 0 Å². The molecule has 0 aliphatic heterocycles. The summed E-state index contributed by atoms with van der Waals surface area (Å²) in [6.07, 6.45) is 2.05. The molecule has 1 amide bonds. The molecule has 18 heavy (non-hydrogen) atoms. The van der Waals surface area contributed by atoms with E-state index in [2.05, 4.69) is 29.6 Å². The zero-order valence-corrected chi connectivity index (χ0v) is 11.4. The number of pyridine rings is 1. The van der Waals surface area contributed by atoms with Crippen molar-refractivity contribution < 1.29 is 4.79 Å². The highest BCUT2D eigenvalue weighted by atomic mass is 35.5. The summed E-state index contributed by atoms with van der Waals surface area (Å²) < 4.78 is 0. The highest BCUT2D eigenvalue weighted by Gasteiger charge is 2.08. The molecule has 0 aromatic carbocycles. The van der Waals surface area contributed by atoms with Crippen molar-refractivity contribution in [3.8, 4) is 0 Å². The predicted octanol–water partition coefficient (Wildman–Crippen LogP) is 2.19. The number of nitrogens with zero attached hydrogens (tertiary/aromatic N) is 1. The molecular weight excluding hydrogens is 252 g/mol. The Bertz CT molecular complexity index is 409. The third kappa shape index (κ3) is 4.89. The summed E-state index contributed by atoms with van der Waals surface area (Å²) in [5.74, 6) is 6.09. The van der Waals surface area contributed by atoms with E-state index in [1.54, 1.807) is 6.07 Å². The van der Waals surface area contributed by atoms with Gasteiger partial charge >= 0.3 is 0 Å². The average Bonchev–Trinajstić information content (AvgIpc) is 2.33. The van der Waals surface area contributed by atoms with E-state index in [4.69, 9.17) is 17.4 Å². The Morgan fingerprint density at radius 1 is 1.50 bits per heavy atom. The van der Waals surface area contributed by atoms with Crippen LogP contribution in [0.3, 0.4) is 0 Å². The lowest BCUT2D eigenvalue weighted by Gasteiger charge is -2.08. The van der Waals surface area contributed by atoms with Gasteiger partial charge in [-0.2, -0.15) is 0 Å². The number of hydrazine groups is 1. The van der Waals surface area contributed by atoms with Crippen molar-refractivity contribution in [2.45, 2.75) is 26.7 Å². The second kappa shape index (κ2) is 7.18. The molecule has 1 aromatic heterocycles. The number of carbonyl (C=O) groups is 1. The number of nitrogens with one attached hydrogen (secondary N) is 2. The molecule has 0 fully saturated rings. The van der Waals surface area contributed by atoms with E-state index in [1.807, 2.05) is 0 Å². The zero-order valence-electron chi connectivity index (χ0n) is 10.7. The van der Waals surface area contributed by atoms with Crippen molar-refractivity contribution in [3.05, 3.63) is 22.8 Å². The molecule has 0 saturated carbocycles. The molecule has 0 spiro atoms. The molecule has 0 saturated heterocycles.